The van der Waals surface area contributed by atoms with E-state index in [4.69, 9.17) is 0 Å². The van der Waals surface area contributed by atoms with Gasteiger partial charge in [-0.05, 0) is 31.7 Å². The van der Waals surface area contributed by atoms with Crippen LogP contribution in [0.1, 0.15) is 39.0 Å². The molecule has 0 N–H and O–H groups in total. The minimum absolute atomic E-state index is 0.824. The Morgan fingerprint density at radius 3 is 2.86 bits per heavy atom. The standard InChI is InChI=1S/C15H21IN4S/c1-2-19(10-12-6-4-3-5-7-12)14-13-8-9-20(21-16)15(13)18-11-17-14/h8-9,11-12H,2-7,10H2,1H3. The third-order valence-corrected chi connectivity index (χ3v) is 6.10. The zero-order valence-electron chi connectivity index (χ0n) is 12.3. The second kappa shape index (κ2) is 7.17. The van der Waals surface area contributed by atoms with Gasteiger partial charge in [0.05, 0.1) is 5.39 Å². The van der Waals surface area contributed by atoms with Gasteiger partial charge in [-0.15, -0.1) is 0 Å². The molecular formula is C15H21IN4S. The molecule has 0 atom stereocenters. The highest BCUT2D eigenvalue weighted by atomic mass is 127. The molecule has 1 fully saturated rings. The van der Waals surface area contributed by atoms with Gasteiger partial charge in [0, 0.05) is 49.6 Å². The predicted octanol–water partition coefficient (Wildman–Crippen LogP) is 4.68. The zero-order chi connectivity index (χ0) is 14.7. The topological polar surface area (TPSA) is 34.0 Å². The average molecular weight is 416 g/mol. The van der Waals surface area contributed by atoms with E-state index in [0.717, 1.165) is 30.5 Å². The lowest BCUT2D eigenvalue weighted by molar-refractivity contribution is 0.359. The van der Waals surface area contributed by atoms with E-state index in [-0.39, 0.29) is 0 Å². The number of anilines is 1. The molecule has 3 rings (SSSR count). The maximum Gasteiger partial charge on any atom is 0.156 e. The number of fused-ring (bicyclic) bond motifs is 1. The summed E-state index contributed by atoms with van der Waals surface area (Å²) in [6.07, 6.45) is 10.7. The fourth-order valence-corrected chi connectivity index (χ4v) is 4.54. The van der Waals surface area contributed by atoms with E-state index >= 15 is 0 Å². The molecule has 2 aromatic rings. The molecule has 0 amide bonds. The van der Waals surface area contributed by atoms with E-state index in [0.29, 0.717) is 0 Å². The maximum atomic E-state index is 4.58. The van der Waals surface area contributed by atoms with Crippen LogP contribution >= 0.6 is 30.3 Å². The van der Waals surface area contributed by atoms with Crippen molar-refractivity contribution >= 4 is 47.2 Å². The SMILES string of the molecule is CCN(CC1CCCCC1)c1ncnc2c1ccn2SI. The molecule has 0 bridgehead atoms. The first-order valence-corrected chi connectivity index (χ1v) is 11.0. The normalized spacial score (nSPS) is 16.5. The molecule has 2 heterocycles. The summed E-state index contributed by atoms with van der Waals surface area (Å²) >= 11 is 2.29. The first kappa shape index (κ1) is 15.4. The highest BCUT2D eigenvalue weighted by molar-refractivity contribution is 14.2. The van der Waals surface area contributed by atoms with Gasteiger partial charge in [0.25, 0.3) is 0 Å². The Labute approximate surface area is 142 Å². The molecule has 4 nitrogen and oxygen atoms in total. The van der Waals surface area contributed by atoms with Crippen molar-refractivity contribution in [1.29, 1.82) is 0 Å². The third-order valence-electron chi connectivity index (χ3n) is 4.39. The van der Waals surface area contributed by atoms with Crippen molar-refractivity contribution in [2.45, 2.75) is 39.0 Å². The van der Waals surface area contributed by atoms with Crippen molar-refractivity contribution < 1.29 is 0 Å². The van der Waals surface area contributed by atoms with Crippen molar-refractivity contribution in [3.8, 4) is 0 Å². The lowest BCUT2D eigenvalue weighted by Crippen LogP contribution is -2.31. The highest BCUT2D eigenvalue weighted by Gasteiger charge is 2.19. The molecule has 0 aromatic carbocycles. The lowest BCUT2D eigenvalue weighted by Gasteiger charge is -2.30. The van der Waals surface area contributed by atoms with Gasteiger partial charge in [-0.1, -0.05) is 19.3 Å². The van der Waals surface area contributed by atoms with Crippen LogP contribution in [-0.4, -0.2) is 27.0 Å². The summed E-state index contributed by atoms with van der Waals surface area (Å²) in [5, 5.41) is 1.17. The van der Waals surface area contributed by atoms with Gasteiger partial charge in [-0.2, -0.15) is 0 Å². The number of halogens is 1. The molecule has 2 aromatic heterocycles. The van der Waals surface area contributed by atoms with E-state index in [1.54, 1.807) is 15.4 Å². The summed E-state index contributed by atoms with van der Waals surface area (Å²) < 4.78 is 2.09. The van der Waals surface area contributed by atoms with Crippen LogP contribution in [0, 0.1) is 5.92 Å². The fourth-order valence-electron chi connectivity index (χ4n) is 3.27. The summed E-state index contributed by atoms with van der Waals surface area (Å²) in [7, 11) is 1.65. The smallest absolute Gasteiger partial charge is 0.156 e. The Bertz CT molecular complexity index is 594. The van der Waals surface area contributed by atoms with Crippen LogP contribution < -0.4 is 4.90 Å². The monoisotopic (exact) mass is 416 g/mol. The molecule has 0 radical (unpaired) electrons. The molecule has 21 heavy (non-hydrogen) atoms. The van der Waals surface area contributed by atoms with Crippen molar-refractivity contribution in [1.82, 2.24) is 13.9 Å². The van der Waals surface area contributed by atoms with E-state index in [1.807, 2.05) is 0 Å². The molecule has 1 saturated carbocycles. The Morgan fingerprint density at radius 2 is 2.14 bits per heavy atom. The first-order valence-electron chi connectivity index (χ1n) is 7.69. The molecule has 0 unspecified atom stereocenters. The van der Waals surface area contributed by atoms with E-state index in [2.05, 4.69) is 59.2 Å². The van der Waals surface area contributed by atoms with Crippen LogP contribution in [0.3, 0.4) is 0 Å². The molecular weight excluding hydrogens is 395 g/mol. The second-order valence-corrected chi connectivity index (χ2v) is 7.40. The zero-order valence-corrected chi connectivity index (χ0v) is 15.3. The number of rotatable bonds is 5. The molecule has 1 aliphatic carbocycles. The van der Waals surface area contributed by atoms with Crippen LogP contribution in [0.4, 0.5) is 5.82 Å². The molecule has 114 valence electrons. The second-order valence-electron chi connectivity index (χ2n) is 5.69. The Morgan fingerprint density at radius 1 is 1.33 bits per heavy atom. The maximum absolute atomic E-state index is 4.58. The van der Waals surface area contributed by atoms with Crippen LogP contribution in [-0.2, 0) is 0 Å². The number of nitrogens with zero attached hydrogens (tertiary/aromatic N) is 4. The Hall–Kier alpha value is -0.500. The molecule has 0 aliphatic heterocycles. The van der Waals surface area contributed by atoms with Crippen molar-refractivity contribution in [3.63, 3.8) is 0 Å². The first-order chi connectivity index (χ1) is 10.3. The Kier molecular flexibility index (Phi) is 5.26. The number of aromatic nitrogens is 3. The van der Waals surface area contributed by atoms with Gasteiger partial charge in [0.15, 0.2) is 5.65 Å². The van der Waals surface area contributed by atoms with E-state index in [9.17, 15) is 0 Å². The molecule has 0 saturated heterocycles. The van der Waals surface area contributed by atoms with Crippen LogP contribution in [0.25, 0.3) is 11.0 Å². The summed E-state index contributed by atoms with van der Waals surface area (Å²) in [6.45, 7) is 4.36. The van der Waals surface area contributed by atoms with Gasteiger partial charge in [0.2, 0.25) is 0 Å². The van der Waals surface area contributed by atoms with E-state index in [1.165, 1.54) is 37.5 Å². The quantitative estimate of drug-likeness (QED) is 0.663. The average Bonchev–Trinajstić information content (AvgIpc) is 2.97. The summed E-state index contributed by atoms with van der Waals surface area (Å²) in [4.78, 5) is 11.4. The largest absolute Gasteiger partial charge is 0.356 e. The van der Waals surface area contributed by atoms with Crippen molar-refractivity contribution in [3.05, 3.63) is 18.6 Å². The summed E-state index contributed by atoms with van der Waals surface area (Å²) in [5.41, 5.74) is 1.02. The lowest BCUT2D eigenvalue weighted by atomic mass is 9.89. The summed E-state index contributed by atoms with van der Waals surface area (Å²) in [6, 6.07) is 2.14. The van der Waals surface area contributed by atoms with E-state index < -0.39 is 0 Å². The highest BCUT2D eigenvalue weighted by Crippen LogP contribution is 2.31. The molecule has 0 spiro atoms. The van der Waals surface area contributed by atoms with Gasteiger partial charge in [-0.25, -0.2) is 9.97 Å². The fraction of sp³-hybridized carbons (Fsp3) is 0.600. The van der Waals surface area contributed by atoms with Gasteiger partial charge in [0.1, 0.15) is 12.1 Å². The van der Waals surface area contributed by atoms with Crippen LogP contribution in [0.15, 0.2) is 18.6 Å². The molecule has 1 aliphatic rings. The van der Waals surface area contributed by atoms with Crippen molar-refractivity contribution in [2.75, 3.05) is 18.0 Å². The number of hydrogen-bond acceptors (Lipinski definition) is 4. The third kappa shape index (κ3) is 3.31. The predicted molar refractivity (Wildman–Crippen MR) is 99.0 cm³/mol. The van der Waals surface area contributed by atoms with Crippen LogP contribution in [0.2, 0.25) is 0 Å². The van der Waals surface area contributed by atoms with Gasteiger partial charge in [-0.3, -0.25) is 3.97 Å². The minimum Gasteiger partial charge on any atom is -0.356 e. The number of hydrogen-bond donors (Lipinski definition) is 0. The Balaban J connectivity index is 1.87. The van der Waals surface area contributed by atoms with Gasteiger partial charge >= 0.3 is 0 Å². The van der Waals surface area contributed by atoms with Crippen LogP contribution in [0.5, 0.6) is 0 Å². The summed E-state index contributed by atoms with van der Waals surface area (Å²) in [5.74, 6) is 1.92. The minimum atomic E-state index is 0.824. The van der Waals surface area contributed by atoms with Crippen molar-refractivity contribution in [2.24, 2.45) is 5.92 Å². The van der Waals surface area contributed by atoms with Gasteiger partial charge < -0.3 is 4.90 Å². The molecule has 6 heteroatoms.